The standard InChI is InChI=1S/C21H19FN2O3/c1-15(26-18-9-3-2-4-10-18)20(25)24-14-16-7-6-12-23-21(16)27-19-11-5-8-17(22)13-19/h2-13,15H,14H2,1H3,(H,24,25)/t15-/m1/s1. The Balaban J connectivity index is 1.61. The third-order valence-electron chi connectivity index (χ3n) is 3.74. The number of ether oxygens (including phenoxy) is 2. The molecular weight excluding hydrogens is 347 g/mol. The summed E-state index contributed by atoms with van der Waals surface area (Å²) in [5, 5.41) is 2.80. The van der Waals surface area contributed by atoms with Crippen LogP contribution in [0.5, 0.6) is 17.4 Å². The normalized spacial score (nSPS) is 11.5. The lowest BCUT2D eigenvalue weighted by Gasteiger charge is -2.15. The number of halogens is 1. The minimum absolute atomic E-state index is 0.208. The highest BCUT2D eigenvalue weighted by Crippen LogP contribution is 2.23. The lowest BCUT2D eigenvalue weighted by Crippen LogP contribution is -2.36. The van der Waals surface area contributed by atoms with E-state index in [2.05, 4.69) is 10.3 Å². The molecule has 5 nitrogen and oxygen atoms in total. The number of amides is 1. The number of hydrogen-bond acceptors (Lipinski definition) is 4. The van der Waals surface area contributed by atoms with Gasteiger partial charge in [0.1, 0.15) is 17.3 Å². The second-order valence-corrected chi connectivity index (χ2v) is 5.82. The van der Waals surface area contributed by atoms with Gasteiger partial charge < -0.3 is 14.8 Å². The van der Waals surface area contributed by atoms with Crippen molar-refractivity contribution in [2.24, 2.45) is 0 Å². The smallest absolute Gasteiger partial charge is 0.261 e. The quantitative estimate of drug-likeness (QED) is 0.684. The molecule has 0 saturated carbocycles. The van der Waals surface area contributed by atoms with Crippen molar-refractivity contribution >= 4 is 5.91 Å². The first-order chi connectivity index (χ1) is 13.1. The Hall–Kier alpha value is -3.41. The van der Waals surface area contributed by atoms with Gasteiger partial charge in [-0.2, -0.15) is 0 Å². The van der Waals surface area contributed by atoms with E-state index < -0.39 is 11.9 Å². The van der Waals surface area contributed by atoms with Crippen LogP contribution >= 0.6 is 0 Å². The van der Waals surface area contributed by atoms with Gasteiger partial charge in [-0.05, 0) is 37.3 Å². The summed E-state index contributed by atoms with van der Waals surface area (Å²) in [6.07, 6.45) is 0.915. The molecule has 0 unspecified atom stereocenters. The number of benzene rings is 2. The molecule has 0 aliphatic rings. The molecule has 1 atom stereocenters. The van der Waals surface area contributed by atoms with E-state index in [9.17, 15) is 9.18 Å². The van der Waals surface area contributed by atoms with Crippen LogP contribution in [0.15, 0.2) is 72.9 Å². The van der Waals surface area contributed by atoms with Gasteiger partial charge >= 0.3 is 0 Å². The van der Waals surface area contributed by atoms with Crippen LogP contribution in [-0.4, -0.2) is 17.0 Å². The van der Waals surface area contributed by atoms with Crippen molar-refractivity contribution in [3.05, 3.63) is 84.3 Å². The van der Waals surface area contributed by atoms with E-state index in [1.807, 2.05) is 18.2 Å². The zero-order chi connectivity index (χ0) is 19.1. The summed E-state index contributed by atoms with van der Waals surface area (Å²) in [5.41, 5.74) is 0.669. The molecule has 138 valence electrons. The molecule has 27 heavy (non-hydrogen) atoms. The second-order valence-electron chi connectivity index (χ2n) is 5.82. The summed E-state index contributed by atoms with van der Waals surface area (Å²) in [7, 11) is 0. The summed E-state index contributed by atoms with van der Waals surface area (Å²) >= 11 is 0. The zero-order valence-corrected chi connectivity index (χ0v) is 14.8. The van der Waals surface area contributed by atoms with Crippen molar-refractivity contribution in [3.8, 4) is 17.4 Å². The van der Waals surface area contributed by atoms with Crippen molar-refractivity contribution in [1.82, 2.24) is 10.3 Å². The molecule has 2 aromatic carbocycles. The van der Waals surface area contributed by atoms with Crippen LogP contribution in [0.3, 0.4) is 0 Å². The van der Waals surface area contributed by atoms with Crippen LogP contribution in [0.1, 0.15) is 12.5 Å². The average molecular weight is 366 g/mol. The highest BCUT2D eigenvalue weighted by atomic mass is 19.1. The summed E-state index contributed by atoms with van der Waals surface area (Å²) in [6.45, 7) is 1.88. The molecule has 3 aromatic rings. The number of hydrogen-bond donors (Lipinski definition) is 1. The molecule has 1 heterocycles. The first-order valence-electron chi connectivity index (χ1n) is 8.48. The van der Waals surface area contributed by atoms with E-state index in [-0.39, 0.29) is 12.5 Å². The van der Waals surface area contributed by atoms with Gasteiger partial charge in [0.05, 0.1) is 0 Å². The maximum Gasteiger partial charge on any atom is 0.261 e. The first-order valence-corrected chi connectivity index (χ1v) is 8.48. The fourth-order valence-corrected chi connectivity index (χ4v) is 2.38. The number of pyridine rings is 1. The minimum atomic E-state index is -0.656. The SMILES string of the molecule is C[C@@H](Oc1ccccc1)C(=O)NCc1cccnc1Oc1cccc(F)c1. The molecule has 0 radical (unpaired) electrons. The summed E-state index contributed by atoms with van der Waals surface area (Å²) < 4.78 is 24.6. The largest absolute Gasteiger partial charge is 0.481 e. The summed E-state index contributed by atoms with van der Waals surface area (Å²) in [6, 6.07) is 18.4. The predicted octanol–water partition coefficient (Wildman–Crippen LogP) is 4.10. The molecule has 6 heteroatoms. The number of nitrogens with zero attached hydrogens (tertiary/aromatic N) is 1. The van der Waals surface area contributed by atoms with Crippen molar-refractivity contribution in [2.75, 3.05) is 0 Å². The molecule has 3 rings (SSSR count). The lowest BCUT2D eigenvalue weighted by atomic mass is 10.2. The Morgan fingerprint density at radius 2 is 1.85 bits per heavy atom. The highest BCUT2D eigenvalue weighted by Gasteiger charge is 2.15. The van der Waals surface area contributed by atoms with E-state index >= 15 is 0 Å². The van der Waals surface area contributed by atoms with E-state index in [1.165, 1.54) is 12.1 Å². The third-order valence-corrected chi connectivity index (χ3v) is 3.74. The molecule has 0 saturated heterocycles. The van der Waals surface area contributed by atoms with Crippen LogP contribution in [0.25, 0.3) is 0 Å². The van der Waals surface area contributed by atoms with E-state index in [0.29, 0.717) is 22.9 Å². The Morgan fingerprint density at radius 3 is 2.63 bits per heavy atom. The van der Waals surface area contributed by atoms with Crippen molar-refractivity contribution in [2.45, 2.75) is 19.6 Å². The van der Waals surface area contributed by atoms with Gasteiger partial charge in [-0.15, -0.1) is 0 Å². The van der Waals surface area contributed by atoms with Crippen LogP contribution in [0.2, 0.25) is 0 Å². The molecular formula is C21H19FN2O3. The molecule has 0 bridgehead atoms. The van der Waals surface area contributed by atoms with E-state index in [0.717, 1.165) is 0 Å². The number of para-hydroxylation sites is 1. The maximum atomic E-state index is 13.3. The summed E-state index contributed by atoms with van der Waals surface area (Å²) in [5.74, 6) is 0.600. The Kier molecular flexibility index (Phi) is 5.99. The Morgan fingerprint density at radius 1 is 1.07 bits per heavy atom. The molecule has 1 N–H and O–H groups in total. The second kappa shape index (κ2) is 8.80. The summed E-state index contributed by atoms with van der Waals surface area (Å²) in [4.78, 5) is 16.5. The van der Waals surface area contributed by atoms with Crippen LogP contribution in [0.4, 0.5) is 4.39 Å². The fourth-order valence-electron chi connectivity index (χ4n) is 2.38. The molecule has 0 aliphatic carbocycles. The maximum absolute atomic E-state index is 13.3. The van der Waals surface area contributed by atoms with Gasteiger partial charge in [0, 0.05) is 24.4 Å². The molecule has 1 amide bonds. The fraction of sp³-hybridized carbons (Fsp3) is 0.143. The Labute approximate surface area is 156 Å². The predicted molar refractivity (Wildman–Crippen MR) is 99.1 cm³/mol. The Bertz CT molecular complexity index is 903. The number of aromatic nitrogens is 1. The topological polar surface area (TPSA) is 60.5 Å². The van der Waals surface area contributed by atoms with Gasteiger partial charge in [0.25, 0.3) is 5.91 Å². The molecule has 1 aromatic heterocycles. The minimum Gasteiger partial charge on any atom is -0.481 e. The van der Waals surface area contributed by atoms with Gasteiger partial charge in [0.15, 0.2) is 6.10 Å². The lowest BCUT2D eigenvalue weighted by molar-refractivity contribution is -0.127. The number of carbonyl (C=O) groups excluding carboxylic acids is 1. The van der Waals surface area contributed by atoms with Gasteiger partial charge in [-0.25, -0.2) is 9.37 Å². The average Bonchev–Trinajstić information content (AvgIpc) is 2.68. The molecule has 0 aliphatic heterocycles. The highest BCUT2D eigenvalue weighted by molar-refractivity contribution is 5.80. The van der Waals surface area contributed by atoms with Gasteiger partial charge in [-0.3, -0.25) is 4.79 Å². The monoisotopic (exact) mass is 366 g/mol. The van der Waals surface area contributed by atoms with Crippen LogP contribution in [-0.2, 0) is 11.3 Å². The van der Waals surface area contributed by atoms with Crippen LogP contribution in [0, 0.1) is 5.82 Å². The van der Waals surface area contributed by atoms with Crippen molar-refractivity contribution < 1.29 is 18.7 Å². The van der Waals surface area contributed by atoms with Crippen molar-refractivity contribution in [1.29, 1.82) is 0 Å². The van der Waals surface area contributed by atoms with Crippen molar-refractivity contribution in [3.63, 3.8) is 0 Å². The zero-order valence-electron chi connectivity index (χ0n) is 14.8. The first kappa shape index (κ1) is 18.4. The number of nitrogens with one attached hydrogen (secondary N) is 1. The van der Waals surface area contributed by atoms with Gasteiger partial charge in [-0.1, -0.05) is 30.3 Å². The van der Waals surface area contributed by atoms with Crippen LogP contribution < -0.4 is 14.8 Å². The van der Waals surface area contributed by atoms with E-state index in [4.69, 9.17) is 9.47 Å². The third kappa shape index (κ3) is 5.28. The van der Waals surface area contributed by atoms with E-state index in [1.54, 1.807) is 49.5 Å². The molecule has 0 fully saturated rings. The van der Waals surface area contributed by atoms with Gasteiger partial charge in [0.2, 0.25) is 5.88 Å². The number of carbonyl (C=O) groups is 1. The number of rotatable bonds is 7. The molecule has 0 spiro atoms.